The standard InChI is InChI=1S/C26H30NO8/c1-27(14-21(29)31-3)12-11-17-18(13-27)24(33-5)26-25(34-15-35-26)22(17)19(28)10-9-16-7-6-8-20(30-2)23(16)32-4/h6-10H,11-15H2,1-5H3/q+1. The van der Waals surface area contributed by atoms with Crippen LogP contribution in [0.25, 0.3) is 6.08 Å². The Hall–Kier alpha value is -3.72. The minimum atomic E-state index is -0.290. The Morgan fingerprint density at radius 1 is 1.00 bits per heavy atom. The number of allylic oxidation sites excluding steroid dienone is 1. The van der Waals surface area contributed by atoms with Crippen molar-refractivity contribution in [1.82, 2.24) is 0 Å². The van der Waals surface area contributed by atoms with E-state index in [9.17, 15) is 9.59 Å². The number of esters is 1. The molecule has 1 unspecified atom stereocenters. The molecule has 1 atom stereocenters. The lowest BCUT2D eigenvalue weighted by Crippen LogP contribution is -2.51. The number of quaternary nitrogens is 1. The highest BCUT2D eigenvalue weighted by Crippen LogP contribution is 2.50. The molecule has 2 aliphatic heterocycles. The predicted octanol–water partition coefficient (Wildman–Crippen LogP) is 3.01. The summed E-state index contributed by atoms with van der Waals surface area (Å²) < 4.78 is 33.3. The van der Waals surface area contributed by atoms with Gasteiger partial charge in [-0.05, 0) is 23.8 Å². The van der Waals surface area contributed by atoms with Gasteiger partial charge in [-0.2, -0.15) is 0 Å². The maximum Gasteiger partial charge on any atom is 0.361 e. The van der Waals surface area contributed by atoms with Gasteiger partial charge in [0.2, 0.25) is 12.5 Å². The summed E-state index contributed by atoms with van der Waals surface area (Å²) in [5, 5.41) is 0. The van der Waals surface area contributed by atoms with Gasteiger partial charge in [0.25, 0.3) is 0 Å². The van der Waals surface area contributed by atoms with Crippen molar-refractivity contribution >= 4 is 17.8 Å². The highest BCUT2D eigenvalue weighted by Gasteiger charge is 2.40. The fourth-order valence-electron chi connectivity index (χ4n) is 4.76. The molecule has 35 heavy (non-hydrogen) atoms. The zero-order valence-corrected chi connectivity index (χ0v) is 20.6. The average molecular weight is 485 g/mol. The van der Waals surface area contributed by atoms with Crippen LogP contribution in [0.15, 0.2) is 24.3 Å². The summed E-state index contributed by atoms with van der Waals surface area (Å²) in [5.41, 5.74) is 2.85. The van der Waals surface area contributed by atoms with Crippen molar-refractivity contribution in [1.29, 1.82) is 0 Å². The van der Waals surface area contributed by atoms with E-state index in [-0.39, 0.29) is 25.1 Å². The molecule has 2 aromatic carbocycles. The number of ketones is 1. The molecule has 0 bridgehead atoms. The number of hydrogen-bond acceptors (Lipinski definition) is 8. The van der Waals surface area contributed by atoms with E-state index in [1.54, 1.807) is 33.5 Å². The van der Waals surface area contributed by atoms with E-state index in [4.69, 9.17) is 28.4 Å². The molecule has 2 aromatic rings. The van der Waals surface area contributed by atoms with E-state index in [1.165, 1.54) is 13.2 Å². The van der Waals surface area contributed by atoms with E-state index < -0.39 is 0 Å². The number of likely N-dealkylation sites (N-methyl/N-ethyl adjacent to an activating group) is 1. The lowest BCUT2D eigenvalue weighted by molar-refractivity contribution is -0.917. The number of hydrogen-bond donors (Lipinski definition) is 0. The normalized spacial score (nSPS) is 18.2. The van der Waals surface area contributed by atoms with Crippen LogP contribution in [0.4, 0.5) is 0 Å². The van der Waals surface area contributed by atoms with Crippen LogP contribution >= 0.6 is 0 Å². The van der Waals surface area contributed by atoms with Gasteiger partial charge in [-0.25, -0.2) is 4.79 Å². The van der Waals surface area contributed by atoms with Crippen LogP contribution in [0.3, 0.4) is 0 Å². The van der Waals surface area contributed by atoms with Gasteiger partial charge in [0.15, 0.2) is 35.3 Å². The summed E-state index contributed by atoms with van der Waals surface area (Å²) in [7, 11) is 8.05. The van der Waals surface area contributed by atoms with E-state index in [0.29, 0.717) is 63.9 Å². The van der Waals surface area contributed by atoms with Gasteiger partial charge in [-0.3, -0.25) is 4.79 Å². The number of rotatable bonds is 8. The quantitative estimate of drug-likeness (QED) is 0.245. The van der Waals surface area contributed by atoms with E-state index in [1.807, 2.05) is 19.2 Å². The molecule has 9 nitrogen and oxygen atoms in total. The molecular weight excluding hydrogens is 454 g/mol. The molecule has 4 rings (SSSR count). The maximum absolute atomic E-state index is 13.6. The van der Waals surface area contributed by atoms with Gasteiger partial charge in [-0.15, -0.1) is 0 Å². The molecule has 2 heterocycles. The number of fused-ring (bicyclic) bond motifs is 2. The summed E-state index contributed by atoms with van der Waals surface area (Å²) in [6.45, 7) is 1.35. The Kier molecular flexibility index (Phi) is 6.88. The summed E-state index contributed by atoms with van der Waals surface area (Å²) in [4.78, 5) is 25.6. The molecule has 0 radical (unpaired) electrons. The monoisotopic (exact) mass is 484 g/mol. The van der Waals surface area contributed by atoms with Gasteiger partial charge >= 0.3 is 5.97 Å². The first-order valence-electron chi connectivity index (χ1n) is 11.2. The molecule has 186 valence electrons. The Labute approximate surface area is 204 Å². The predicted molar refractivity (Wildman–Crippen MR) is 127 cm³/mol. The number of methoxy groups -OCH3 is 4. The zero-order valence-electron chi connectivity index (χ0n) is 20.6. The number of para-hydroxylation sites is 1. The van der Waals surface area contributed by atoms with Crippen LogP contribution in [0.5, 0.6) is 28.7 Å². The smallest absolute Gasteiger partial charge is 0.361 e. The maximum atomic E-state index is 13.6. The molecular formula is C26H30NO8+. The van der Waals surface area contributed by atoms with Crippen LogP contribution in [0.2, 0.25) is 0 Å². The topological polar surface area (TPSA) is 89.5 Å². The molecule has 0 spiro atoms. The van der Waals surface area contributed by atoms with Crippen molar-refractivity contribution in [2.75, 3.05) is 55.4 Å². The minimum Gasteiger partial charge on any atom is -0.493 e. The second-order valence-corrected chi connectivity index (χ2v) is 8.70. The van der Waals surface area contributed by atoms with E-state index in [2.05, 4.69) is 0 Å². The second kappa shape index (κ2) is 9.87. The van der Waals surface area contributed by atoms with Gasteiger partial charge in [-0.1, -0.05) is 12.1 Å². The van der Waals surface area contributed by atoms with Gasteiger partial charge < -0.3 is 32.9 Å². The van der Waals surface area contributed by atoms with Gasteiger partial charge in [0, 0.05) is 12.0 Å². The van der Waals surface area contributed by atoms with Crippen LogP contribution in [0, 0.1) is 0 Å². The van der Waals surface area contributed by atoms with Crippen LogP contribution in [-0.2, 0) is 22.5 Å². The lowest BCUT2D eigenvalue weighted by atomic mass is 9.88. The average Bonchev–Trinajstić information content (AvgIpc) is 3.34. The lowest BCUT2D eigenvalue weighted by Gasteiger charge is -2.38. The largest absolute Gasteiger partial charge is 0.493 e. The third kappa shape index (κ3) is 4.51. The SMILES string of the molecule is COC(=O)C[N+]1(C)CCc2c(c(OC)c3c(c2C(=O)C=Cc2cccc(OC)c2OC)OCO3)C1. The third-order valence-corrected chi connectivity index (χ3v) is 6.46. The van der Waals surface area contributed by atoms with Gasteiger partial charge in [0.05, 0.1) is 53.2 Å². The van der Waals surface area contributed by atoms with Crippen molar-refractivity contribution in [3.8, 4) is 28.7 Å². The number of nitrogens with zero attached hydrogens (tertiary/aromatic N) is 1. The Morgan fingerprint density at radius 2 is 1.74 bits per heavy atom. The molecule has 2 aliphatic rings. The van der Waals surface area contributed by atoms with Crippen LogP contribution in [-0.4, -0.2) is 71.6 Å². The van der Waals surface area contributed by atoms with Gasteiger partial charge in [0.1, 0.15) is 6.54 Å². The van der Waals surface area contributed by atoms with Crippen molar-refractivity contribution in [3.05, 3.63) is 46.5 Å². The molecule has 0 amide bonds. The fraction of sp³-hybridized carbons (Fsp3) is 0.385. The van der Waals surface area contributed by atoms with E-state index >= 15 is 0 Å². The summed E-state index contributed by atoms with van der Waals surface area (Å²) in [6, 6.07) is 5.46. The van der Waals surface area contributed by atoms with Crippen LogP contribution < -0.4 is 23.7 Å². The van der Waals surface area contributed by atoms with Crippen molar-refractivity contribution in [2.24, 2.45) is 0 Å². The fourth-order valence-corrected chi connectivity index (χ4v) is 4.76. The zero-order chi connectivity index (χ0) is 25.2. The van der Waals surface area contributed by atoms with Crippen molar-refractivity contribution < 1.29 is 42.5 Å². The van der Waals surface area contributed by atoms with E-state index in [0.717, 1.165) is 11.1 Å². The molecule has 0 N–H and O–H groups in total. The summed E-state index contributed by atoms with van der Waals surface area (Å²) in [5.74, 6) is 1.93. The molecule has 9 heteroatoms. The highest BCUT2D eigenvalue weighted by atomic mass is 16.7. The Balaban J connectivity index is 1.77. The second-order valence-electron chi connectivity index (χ2n) is 8.70. The summed E-state index contributed by atoms with van der Waals surface area (Å²) >= 11 is 0. The molecule has 0 aromatic heterocycles. The number of benzene rings is 2. The number of carbonyl (C=O) groups is 2. The molecule has 0 aliphatic carbocycles. The molecule has 0 fully saturated rings. The molecule has 0 saturated heterocycles. The number of ether oxygens (including phenoxy) is 6. The first-order valence-corrected chi connectivity index (χ1v) is 11.2. The summed E-state index contributed by atoms with van der Waals surface area (Å²) in [6.07, 6.45) is 3.76. The first kappa shape index (κ1) is 24.4. The third-order valence-electron chi connectivity index (χ3n) is 6.46. The Morgan fingerprint density at radius 3 is 2.43 bits per heavy atom. The first-order chi connectivity index (χ1) is 16.9. The number of carbonyl (C=O) groups excluding carboxylic acids is 2. The van der Waals surface area contributed by atoms with Crippen molar-refractivity contribution in [3.63, 3.8) is 0 Å². The highest BCUT2D eigenvalue weighted by molar-refractivity contribution is 6.11. The minimum absolute atomic E-state index is 0.00340. The van der Waals surface area contributed by atoms with Crippen molar-refractivity contribution in [2.45, 2.75) is 13.0 Å². The molecule has 0 saturated carbocycles. The Bertz CT molecular complexity index is 1190. The van der Waals surface area contributed by atoms with Crippen LogP contribution in [0.1, 0.15) is 27.0 Å².